The van der Waals surface area contributed by atoms with Gasteiger partial charge in [0.15, 0.2) is 0 Å². The maximum atomic E-state index is 13.2. The zero-order valence-corrected chi connectivity index (χ0v) is 16.3. The number of para-hydroxylation sites is 1. The third kappa shape index (κ3) is 4.21. The van der Waals surface area contributed by atoms with Crippen LogP contribution in [0.2, 0.25) is 0 Å². The Bertz CT molecular complexity index is 995. The van der Waals surface area contributed by atoms with E-state index >= 15 is 0 Å². The number of rotatable bonds is 5. The topological polar surface area (TPSA) is 94.2 Å². The van der Waals surface area contributed by atoms with Crippen LogP contribution in [0.4, 0.5) is 5.95 Å². The van der Waals surface area contributed by atoms with Gasteiger partial charge >= 0.3 is 0 Å². The number of aromatic nitrogens is 3. The first kappa shape index (κ1) is 18.9. The summed E-state index contributed by atoms with van der Waals surface area (Å²) in [6.45, 7) is 3.91. The number of aromatic amines is 1. The molecule has 2 amide bonds. The van der Waals surface area contributed by atoms with Gasteiger partial charge in [0.2, 0.25) is 17.8 Å². The largest absolute Gasteiger partial charge is 0.361 e. The fourth-order valence-electron chi connectivity index (χ4n) is 3.77. The highest BCUT2D eigenvalue weighted by atomic mass is 16.2. The lowest BCUT2D eigenvalue weighted by atomic mass is 10.0. The van der Waals surface area contributed by atoms with Gasteiger partial charge in [0.05, 0.1) is 0 Å². The second-order valence-corrected chi connectivity index (χ2v) is 7.18. The van der Waals surface area contributed by atoms with Crippen molar-refractivity contribution in [3.05, 3.63) is 54.5 Å². The number of benzene rings is 1. The number of carbonyl (C=O) groups excluding carboxylic acids is 2. The molecule has 1 aliphatic heterocycles. The van der Waals surface area contributed by atoms with Crippen LogP contribution >= 0.6 is 0 Å². The maximum absolute atomic E-state index is 13.2. The standard InChI is InChI=1S/C21H24N6O2/c1-15(28)25-19(13-16-14-24-18-6-3-2-5-17(16)18)20(29)26-9-11-27(12-10-26)21-22-7-4-8-23-21/h2-8,14,19,24H,9-13H2,1H3,(H,25,28)/t19-/m0/s1. The van der Waals surface area contributed by atoms with Crippen molar-refractivity contribution in [2.75, 3.05) is 31.1 Å². The van der Waals surface area contributed by atoms with Crippen LogP contribution in [0.1, 0.15) is 12.5 Å². The normalized spacial score (nSPS) is 15.3. The van der Waals surface area contributed by atoms with Gasteiger partial charge in [-0.05, 0) is 17.7 Å². The summed E-state index contributed by atoms with van der Waals surface area (Å²) in [5, 5.41) is 3.91. The molecule has 2 N–H and O–H groups in total. The smallest absolute Gasteiger partial charge is 0.245 e. The average Bonchev–Trinajstić information content (AvgIpc) is 3.16. The van der Waals surface area contributed by atoms with Crippen molar-refractivity contribution in [3.8, 4) is 0 Å². The number of anilines is 1. The summed E-state index contributed by atoms with van der Waals surface area (Å²) in [7, 11) is 0. The van der Waals surface area contributed by atoms with Crippen molar-refractivity contribution >= 4 is 28.7 Å². The lowest BCUT2D eigenvalue weighted by Crippen LogP contribution is -2.55. The van der Waals surface area contributed by atoms with E-state index in [1.807, 2.05) is 35.4 Å². The summed E-state index contributed by atoms with van der Waals surface area (Å²) >= 11 is 0. The van der Waals surface area contributed by atoms with Gasteiger partial charge in [0, 0.05) is 69.0 Å². The third-order valence-corrected chi connectivity index (χ3v) is 5.20. The predicted octanol–water partition coefficient (Wildman–Crippen LogP) is 1.35. The van der Waals surface area contributed by atoms with Gasteiger partial charge in [0.25, 0.3) is 0 Å². The number of amides is 2. The minimum absolute atomic E-state index is 0.0564. The molecule has 0 unspecified atom stereocenters. The summed E-state index contributed by atoms with van der Waals surface area (Å²) in [4.78, 5) is 40.6. The van der Waals surface area contributed by atoms with E-state index in [2.05, 4.69) is 25.2 Å². The Kier molecular flexibility index (Phi) is 5.41. The summed E-state index contributed by atoms with van der Waals surface area (Å²) in [6, 6.07) is 9.15. The number of nitrogens with one attached hydrogen (secondary N) is 2. The molecule has 0 bridgehead atoms. The number of carbonyl (C=O) groups is 2. The Balaban J connectivity index is 1.46. The summed E-state index contributed by atoms with van der Waals surface area (Å²) in [5.74, 6) is 0.412. The number of hydrogen-bond acceptors (Lipinski definition) is 5. The molecule has 1 aromatic carbocycles. The minimum atomic E-state index is -0.591. The zero-order valence-electron chi connectivity index (χ0n) is 16.3. The minimum Gasteiger partial charge on any atom is -0.361 e. The molecule has 29 heavy (non-hydrogen) atoms. The van der Waals surface area contributed by atoms with Gasteiger partial charge in [-0.15, -0.1) is 0 Å². The number of H-pyrrole nitrogens is 1. The second-order valence-electron chi connectivity index (χ2n) is 7.18. The van der Waals surface area contributed by atoms with Crippen molar-refractivity contribution in [1.82, 2.24) is 25.2 Å². The Hall–Kier alpha value is -3.42. The van der Waals surface area contributed by atoms with Crippen LogP contribution in [0.15, 0.2) is 48.9 Å². The van der Waals surface area contributed by atoms with Crippen LogP contribution in [-0.4, -0.2) is 63.9 Å². The van der Waals surface area contributed by atoms with Crippen LogP contribution in [0.3, 0.4) is 0 Å². The SMILES string of the molecule is CC(=O)N[C@@H](Cc1c[nH]c2ccccc12)C(=O)N1CCN(c2ncccn2)CC1. The van der Waals surface area contributed by atoms with Crippen LogP contribution in [-0.2, 0) is 16.0 Å². The molecular weight excluding hydrogens is 368 g/mol. The van der Waals surface area contributed by atoms with Crippen molar-refractivity contribution < 1.29 is 9.59 Å². The summed E-state index contributed by atoms with van der Waals surface area (Å²) in [5.41, 5.74) is 2.04. The highest BCUT2D eigenvalue weighted by molar-refractivity contribution is 5.89. The molecule has 1 fully saturated rings. The van der Waals surface area contributed by atoms with E-state index in [0.29, 0.717) is 38.5 Å². The van der Waals surface area contributed by atoms with Crippen LogP contribution in [0.25, 0.3) is 10.9 Å². The van der Waals surface area contributed by atoms with E-state index in [1.165, 1.54) is 6.92 Å². The van der Waals surface area contributed by atoms with E-state index in [-0.39, 0.29) is 11.8 Å². The predicted molar refractivity (Wildman–Crippen MR) is 110 cm³/mol. The first-order chi connectivity index (χ1) is 14.1. The average molecular weight is 392 g/mol. The van der Waals surface area contributed by atoms with Gasteiger partial charge in [-0.25, -0.2) is 9.97 Å². The third-order valence-electron chi connectivity index (χ3n) is 5.20. The molecule has 4 rings (SSSR count). The van der Waals surface area contributed by atoms with Crippen molar-refractivity contribution in [2.24, 2.45) is 0 Å². The highest BCUT2D eigenvalue weighted by Crippen LogP contribution is 2.20. The molecule has 3 heterocycles. The Morgan fingerprint density at radius 1 is 1.10 bits per heavy atom. The summed E-state index contributed by atoms with van der Waals surface area (Å²) < 4.78 is 0. The van der Waals surface area contributed by atoms with Gasteiger partial charge < -0.3 is 20.1 Å². The second kappa shape index (κ2) is 8.30. The van der Waals surface area contributed by atoms with E-state index < -0.39 is 6.04 Å². The molecule has 8 heteroatoms. The van der Waals surface area contributed by atoms with Gasteiger partial charge in [0.1, 0.15) is 6.04 Å². The molecule has 1 atom stereocenters. The quantitative estimate of drug-likeness (QED) is 0.684. The highest BCUT2D eigenvalue weighted by Gasteiger charge is 2.29. The Morgan fingerprint density at radius 3 is 2.55 bits per heavy atom. The number of fused-ring (bicyclic) bond motifs is 1. The lowest BCUT2D eigenvalue weighted by molar-refractivity contribution is -0.136. The van der Waals surface area contributed by atoms with E-state index in [4.69, 9.17) is 0 Å². The maximum Gasteiger partial charge on any atom is 0.245 e. The molecule has 0 spiro atoms. The first-order valence-corrected chi connectivity index (χ1v) is 9.74. The van der Waals surface area contributed by atoms with Crippen molar-refractivity contribution in [2.45, 2.75) is 19.4 Å². The van der Waals surface area contributed by atoms with Gasteiger partial charge in [-0.3, -0.25) is 9.59 Å². The van der Waals surface area contributed by atoms with Crippen LogP contribution in [0, 0.1) is 0 Å². The van der Waals surface area contributed by atoms with Crippen LogP contribution in [0.5, 0.6) is 0 Å². The summed E-state index contributed by atoms with van der Waals surface area (Å²) in [6.07, 6.45) is 5.80. The van der Waals surface area contributed by atoms with Crippen molar-refractivity contribution in [3.63, 3.8) is 0 Å². The Labute approximate surface area is 168 Å². The van der Waals surface area contributed by atoms with E-state index in [0.717, 1.165) is 16.5 Å². The molecule has 3 aromatic rings. The van der Waals surface area contributed by atoms with Crippen LogP contribution < -0.4 is 10.2 Å². The number of hydrogen-bond donors (Lipinski definition) is 2. The molecule has 0 radical (unpaired) electrons. The van der Waals surface area contributed by atoms with Gasteiger partial charge in [-0.2, -0.15) is 0 Å². The molecule has 150 valence electrons. The molecule has 1 saturated heterocycles. The zero-order chi connectivity index (χ0) is 20.2. The van der Waals surface area contributed by atoms with Gasteiger partial charge in [-0.1, -0.05) is 18.2 Å². The first-order valence-electron chi connectivity index (χ1n) is 9.74. The monoisotopic (exact) mass is 392 g/mol. The molecule has 0 saturated carbocycles. The number of piperazine rings is 1. The molecular formula is C21H24N6O2. The molecule has 0 aliphatic carbocycles. The lowest BCUT2D eigenvalue weighted by Gasteiger charge is -2.36. The van der Waals surface area contributed by atoms with E-state index in [9.17, 15) is 9.59 Å². The van der Waals surface area contributed by atoms with E-state index in [1.54, 1.807) is 18.5 Å². The fourth-order valence-corrected chi connectivity index (χ4v) is 3.77. The molecule has 8 nitrogen and oxygen atoms in total. The fraction of sp³-hybridized carbons (Fsp3) is 0.333. The Morgan fingerprint density at radius 2 is 1.83 bits per heavy atom. The molecule has 1 aliphatic rings. The number of nitrogens with zero attached hydrogens (tertiary/aromatic N) is 4. The molecule has 2 aromatic heterocycles. The van der Waals surface area contributed by atoms with Crippen molar-refractivity contribution in [1.29, 1.82) is 0 Å².